The first-order valence-electron chi connectivity index (χ1n) is 24.4. The Hall–Kier alpha value is -1.47. The second-order valence-electron chi connectivity index (χ2n) is 23.7. The molecular weight excluding hydrogens is 881 g/mol. The minimum atomic E-state index is -2.09. The molecular formula is C48H78O19. The Morgan fingerprint density at radius 1 is 0.672 bits per heavy atom. The highest BCUT2D eigenvalue weighted by Crippen LogP contribution is 2.76. The van der Waals surface area contributed by atoms with Crippen molar-refractivity contribution < 1.29 is 94.5 Å². The Kier molecular flexibility index (Phi) is 13.9. The second-order valence-corrected chi connectivity index (χ2v) is 23.7. The molecule has 7 fully saturated rings. The molecule has 0 spiro atoms. The third-order valence-corrected chi connectivity index (χ3v) is 19.6. The summed E-state index contributed by atoms with van der Waals surface area (Å²) in [7, 11) is 0. The highest BCUT2D eigenvalue weighted by Gasteiger charge is 2.71. The van der Waals surface area contributed by atoms with E-state index in [9.17, 15) is 66.1 Å². The summed E-state index contributed by atoms with van der Waals surface area (Å²) >= 11 is 0. The lowest BCUT2D eigenvalue weighted by Gasteiger charge is -2.72. The number of carbonyl (C=O) groups is 1. The van der Waals surface area contributed by atoms with E-state index in [1.165, 1.54) is 12.5 Å². The van der Waals surface area contributed by atoms with Gasteiger partial charge >= 0.3 is 5.97 Å². The lowest BCUT2D eigenvalue weighted by molar-refractivity contribution is -0.396. The molecule has 26 atom stereocenters. The molecule has 0 bridgehead atoms. The molecule has 0 aromatic carbocycles. The molecule has 19 nitrogen and oxygen atoms in total. The first-order valence-corrected chi connectivity index (χ1v) is 24.4. The summed E-state index contributed by atoms with van der Waals surface area (Å²) in [6.07, 6.45) is -21.1. The molecule has 0 amide bonds. The Morgan fingerprint density at radius 3 is 1.91 bits per heavy atom. The SMILES string of the molecule is C[C@@H]1O[C@@H](O[C@H]2[C@H](O[C@H]3[C@H](O[C@H]4CC[C@@]5(C)[C@H](CC[C@]6(C)[C@H]5CC=C5[C@H]7CC(C)(C)C[C@@H](O)[C@]7(C)[C@@H](O)C[C@]56C)[C@@]4(C)CO)O[C@H](C(=O)O)[C@@H](O)[C@@H]3O)O[C@H](CO)[C@@H](O)[C@@H]2O)[C@H](O)[C@H](O)[C@H]1O. The van der Waals surface area contributed by atoms with Crippen molar-refractivity contribution in [1.82, 2.24) is 0 Å². The van der Waals surface area contributed by atoms with Gasteiger partial charge in [0.2, 0.25) is 0 Å². The summed E-state index contributed by atoms with van der Waals surface area (Å²) in [5, 5.41) is 132. The van der Waals surface area contributed by atoms with Gasteiger partial charge in [-0.05, 0) is 97.7 Å². The minimum absolute atomic E-state index is 0.00539. The molecule has 5 aliphatic carbocycles. The van der Waals surface area contributed by atoms with Crippen molar-refractivity contribution in [2.24, 2.45) is 50.2 Å². The number of aliphatic carboxylic acids is 1. The molecule has 3 saturated heterocycles. The third-order valence-electron chi connectivity index (χ3n) is 19.6. The van der Waals surface area contributed by atoms with Crippen LogP contribution in [0.15, 0.2) is 11.6 Å². The Balaban J connectivity index is 1.08. The van der Waals surface area contributed by atoms with E-state index in [1.54, 1.807) is 0 Å². The topological polar surface area (TPSA) is 315 Å². The molecule has 384 valence electrons. The number of carboxylic acids is 1. The summed E-state index contributed by atoms with van der Waals surface area (Å²) in [5.41, 5.74) is -1.44. The van der Waals surface area contributed by atoms with Gasteiger partial charge in [0.05, 0.1) is 37.6 Å². The quantitative estimate of drug-likeness (QED) is 0.104. The van der Waals surface area contributed by atoms with Gasteiger partial charge in [-0.15, -0.1) is 0 Å². The maximum atomic E-state index is 12.5. The monoisotopic (exact) mass is 959 g/mol. The second kappa shape index (κ2) is 17.9. The van der Waals surface area contributed by atoms with E-state index in [0.717, 1.165) is 19.3 Å². The van der Waals surface area contributed by atoms with Crippen LogP contribution >= 0.6 is 0 Å². The fourth-order valence-electron chi connectivity index (χ4n) is 15.2. The van der Waals surface area contributed by atoms with Gasteiger partial charge in [-0.25, -0.2) is 4.79 Å². The summed E-state index contributed by atoms with van der Waals surface area (Å²) in [6, 6.07) is 0. The number of hydrogen-bond acceptors (Lipinski definition) is 18. The van der Waals surface area contributed by atoms with E-state index in [1.807, 2.05) is 6.92 Å². The van der Waals surface area contributed by atoms with Gasteiger partial charge in [0.15, 0.2) is 25.0 Å². The van der Waals surface area contributed by atoms with Crippen molar-refractivity contribution in [3.05, 3.63) is 11.6 Å². The number of aliphatic hydroxyl groups excluding tert-OH is 11. The van der Waals surface area contributed by atoms with Gasteiger partial charge in [0, 0.05) is 10.8 Å². The normalized spacial score (nSPS) is 56.4. The van der Waals surface area contributed by atoms with Crippen LogP contribution in [0.2, 0.25) is 0 Å². The van der Waals surface area contributed by atoms with Gasteiger partial charge < -0.3 is 89.7 Å². The smallest absolute Gasteiger partial charge is 0.335 e. The van der Waals surface area contributed by atoms with Crippen LogP contribution in [0, 0.1) is 50.2 Å². The number of allylic oxidation sites excluding steroid dienone is 2. The average molecular weight is 959 g/mol. The molecule has 0 unspecified atom stereocenters. The molecule has 67 heavy (non-hydrogen) atoms. The van der Waals surface area contributed by atoms with E-state index in [4.69, 9.17) is 28.4 Å². The number of hydrogen-bond donors (Lipinski definition) is 12. The Bertz CT molecular complexity index is 1850. The molecule has 0 aromatic rings. The van der Waals surface area contributed by atoms with Crippen LogP contribution in [0.3, 0.4) is 0 Å². The molecule has 0 radical (unpaired) electrons. The molecule has 8 rings (SSSR count). The molecule has 0 aromatic heterocycles. The number of carboxylic acid groups (broad SMARTS) is 1. The van der Waals surface area contributed by atoms with Crippen LogP contribution in [-0.2, 0) is 33.2 Å². The third kappa shape index (κ3) is 7.92. The van der Waals surface area contributed by atoms with Crippen LogP contribution in [0.25, 0.3) is 0 Å². The maximum absolute atomic E-state index is 12.5. The zero-order valence-corrected chi connectivity index (χ0v) is 40.0. The van der Waals surface area contributed by atoms with Crippen molar-refractivity contribution in [3.63, 3.8) is 0 Å². The summed E-state index contributed by atoms with van der Waals surface area (Å²) < 4.78 is 36.1. The van der Waals surface area contributed by atoms with Crippen molar-refractivity contribution in [3.8, 4) is 0 Å². The fourth-order valence-corrected chi connectivity index (χ4v) is 15.2. The van der Waals surface area contributed by atoms with Gasteiger partial charge in [-0.1, -0.05) is 60.1 Å². The fraction of sp³-hybridized carbons (Fsp3) is 0.938. The van der Waals surface area contributed by atoms with Crippen LogP contribution in [-0.4, -0.2) is 191 Å². The van der Waals surface area contributed by atoms with Crippen molar-refractivity contribution in [1.29, 1.82) is 0 Å². The standard InChI is InChI=1S/C48H78O19/c1-20-29(53)31(55)35(59)40(62-20)66-37-32(56)30(54)23(18-49)63-41(37)67-38-34(58)33(57)36(39(60)61)65-42(38)64-28-12-13-44(4)24(45(28,5)19-50)11-14-46(6)25(44)10-9-21-22-15-43(2,3)16-26(51)48(22,8)27(52)17-47(21,46)7/h9,20,22-38,40-42,49-59H,10-19H2,1-8H3,(H,60,61)/t20-,22+,23+,24-,25-,26+,27-,28-,29-,30+,31+,32-,33-,34-,35+,36-,37+,38+,40-,41-,42+,44-,45+,46+,47+,48+/m0/s1. The largest absolute Gasteiger partial charge is 0.479 e. The predicted molar refractivity (Wildman–Crippen MR) is 232 cm³/mol. The van der Waals surface area contributed by atoms with E-state index in [2.05, 4.69) is 47.6 Å². The molecule has 3 heterocycles. The lowest BCUT2D eigenvalue weighted by Crippen LogP contribution is -2.69. The van der Waals surface area contributed by atoms with Gasteiger partial charge in [-0.3, -0.25) is 0 Å². The predicted octanol–water partition coefficient (Wildman–Crippen LogP) is -0.325. The van der Waals surface area contributed by atoms with E-state index >= 15 is 0 Å². The van der Waals surface area contributed by atoms with Crippen molar-refractivity contribution in [2.75, 3.05) is 13.2 Å². The van der Waals surface area contributed by atoms with E-state index in [-0.39, 0.29) is 46.0 Å². The van der Waals surface area contributed by atoms with Gasteiger partial charge in [0.25, 0.3) is 0 Å². The summed E-state index contributed by atoms with van der Waals surface area (Å²) in [6.45, 7) is 15.5. The number of fused-ring (bicyclic) bond motifs is 7. The molecule has 4 saturated carbocycles. The van der Waals surface area contributed by atoms with Crippen LogP contribution < -0.4 is 0 Å². The first-order chi connectivity index (χ1) is 31.1. The van der Waals surface area contributed by atoms with Gasteiger partial charge in [0.1, 0.15) is 61.0 Å². The van der Waals surface area contributed by atoms with Gasteiger partial charge in [-0.2, -0.15) is 0 Å². The zero-order valence-electron chi connectivity index (χ0n) is 40.0. The van der Waals surface area contributed by atoms with Crippen LogP contribution in [0.1, 0.15) is 107 Å². The number of aliphatic hydroxyl groups is 11. The van der Waals surface area contributed by atoms with Crippen LogP contribution in [0.5, 0.6) is 0 Å². The number of rotatable bonds is 9. The first kappa shape index (κ1) is 51.9. The molecule has 8 aliphatic rings. The highest BCUT2D eigenvalue weighted by molar-refractivity contribution is 5.73. The Morgan fingerprint density at radius 2 is 1.28 bits per heavy atom. The van der Waals surface area contributed by atoms with Crippen molar-refractivity contribution >= 4 is 5.97 Å². The minimum Gasteiger partial charge on any atom is -0.479 e. The van der Waals surface area contributed by atoms with E-state index < -0.39 is 134 Å². The molecule has 19 heteroatoms. The Labute approximate surface area is 392 Å². The molecule has 12 N–H and O–H groups in total. The zero-order chi connectivity index (χ0) is 49.3. The van der Waals surface area contributed by atoms with E-state index in [0.29, 0.717) is 32.1 Å². The summed E-state index contributed by atoms with van der Waals surface area (Å²) in [4.78, 5) is 12.5. The maximum Gasteiger partial charge on any atom is 0.335 e. The average Bonchev–Trinajstić information content (AvgIpc) is 3.26. The lowest BCUT2D eigenvalue weighted by atomic mass is 9.33. The highest BCUT2D eigenvalue weighted by atomic mass is 16.8. The summed E-state index contributed by atoms with van der Waals surface area (Å²) in [5.74, 6) is -1.64. The van der Waals surface area contributed by atoms with Crippen LogP contribution in [0.4, 0.5) is 0 Å². The van der Waals surface area contributed by atoms with Crippen molar-refractivity contribution in [2.45, 2.75) is 217 Å². The number of ether oxygens (including phenoxy) is 6. The molecule has 3 aliphatic heterocycles.